The summed E-state index contributed by atoms with van der Waals surface area (Å²) >= 11 is 0. The number of nitrogens with zero attached hydrogens (tertiary/aromatic N) is 2. The van der Waals surface area contributed by atoms with Gasteiger partial charge in [0.05, 0.1) is 12.0 Å². The van der Waals surface area contributed by atoms with Crippen molar-refractivity contribution in [3.8, 4) is 17.2 Å². The molecule has 1 aliphatic carbocycles. The van der Waals surface area contributed by atoms with Gasteiger partial charge >= 0.3 is 12.1 Å². The van der Waals surface area contributed by atoms with E-state index in [1.165, 1.54) is 0 Å². The highest BCUT2D eigenvalue weighted by Gasteiger charge is 2.39. The number of unbranched alkanes of at least 4 members (excludes halogenated alkanes) is 1. The third-order valence-corrected chi connectivity index (χ3v) is 7.03. The summed E-state index contributed by atoms with van der Waals surface area (Å²) in [6.07, 6.45) is 0.360. The van der Waals surface area contributed by atoms with Gasteiger partial charge < -0.3 is 20.1 Å². The summed E-state index contributed by atoms with van der Waals surface area (Å²) in [6, 6.07) is 17.3. The van der Waals surface area contributed by atoms with Crippen LogP contribution in [0.3, 0.4) is 0 Å². The van der Waals surface area contributed by atoms with E-state index >= 15 is 0 Å². The maximum absolute atomic E-state index is 13.0. The van der Waals surface area contributed by atoms with Crippen molar-refractivity contribution in [1.82, 2.24) is 10.2 Å². The number of carbonyl (C=O) groups is 3. The number of fused-ring (bicyclic) bond motifs is 3. The molecule has 2 amide bonds. The van der Waals surface area contributed by atoms with Gasteiger partial charge in [0.1, 0.15) is 12.6 Å². The molecule has 1 heterocycles. The van der Waals surface area contributed by atoms with Crippen molar-refractivity contribution in [2.24, 2.45) is 11.8 Å². The number of amides is 2. The molecule has 0 bridgehead atoms. The molecule has 2 unspecified atom stereocenters. The van der Waals surface area contributed by atoms with Crippen LogP contribution in [0.1, 0.15) is 43.2 Å². The molecule has 1 saturated heterocycles. The van der Waals surface area contributed by atoms with Gasteiger partial charge in [-0.2, -0.15) is 5.26 Å². The number of likely N-dealkylation sites (tertiary alicyclic amines) is 1. The van der Waals surface area contributed by atoms with Crippen LogP contribution in [0.5, 0.6) is 0 Å². The van der Waals surface area contributed by atoms with Gasteiger partial charge in [0, 0.05) is 31.3 Å². The minimum absolute atomic E-state index is 0.0884. The molecule has 1 fully saturated rings. The van der Waals surface area contributed by atoms with E-state index in [1.807, 2.05) is 36.4 Å². The monoisotopic (exact) mass is 475 g/mol. The highest BCUT2D eigenvalue weighted by Crippen LogP contribution is 2.44. The van der Waals surface area contributed by atoms with Crippen LogP contribution in [0.4, 0.5) is 4.79 Å². The van der Waals surface area contributed by atoms with Gasteiger partial charge in [-0.05, 0) is 35.1 Å². The lowest BCUT2D eigenvalue weighted by Gasteiger charge is -2.42. The number of hydrogen-bond donors (Lipinski definition) is 2. The van der Waals surface area contributed by atoms with Crippen LogP contribution in [0.2, 0.25) is 0 Å². The van der Waals surface area contributed by atoms with E-state index in [9.17, 15) is 19.5 Å². The van der Waals surface area contributed by atoms with E-state index < -0.39 is 24.0 Å². The van der Waals surface area contributed by atoms with E-state index in [1.54, 1.807) is 11.8 Å². The van der Waals surface area contributed by atoms with Crippen molar-refractivity contribution in [1.29, 1.82) is 5.26 Å². The van der Waals surface area contributed by atoms with Gasteiger partial charge in [-0.25, -0.2) is 4.79 Å². The number of carbonyl (C=O) groups excluding carboxylic acids is 2. The van der Waals surface area contributed by atoms with Crippen LogP contribution in [-0.4, -0.2) is 53.7 Å². The molecule has 2 aromatic rings. The number of nitrogens with one attached hydrogen (secondary N) is 1. The lowest BCUT2D eigenvalue weighted by atomic mass is 9.86. The minimum atomic E-state index is -0.885. The van der Waals surface area contributed by atoms with E-state index in [0.29, 0.717) is 25.9 Å². The second-order valence-electron chi connectivity index (χ2n) is 9.20. The van der Waals surface area contributed by atoms with E-state index in [-0.39, 0.29) is 30.8 Å². The summed E-state index contributed by atoms with van der Waals surface area (Å²) in [4.78, 5) is 38.5. The van der Waals surface area contributed by atoms with E-state index in [0.717, 1.165) is 22.3 Å². The molecular formula is C27H29N3O5. The van der Waals surface area contributed by atoms with E-state index in [4.69, 9.17) is 10.00 Å². The normalized spacial score (nSPS) is 16.3. The summed E-state index contributed by atoms with van der Waals surface area (Å²) in [5, 5.41) is 20.7. The summed E-state index contributed by atoms with van der Waals surface area (Å²) in [6.45, 7) is 2.45. The van der Waals surface area contributed by atoms with Crippen LogP contribution in [-0.2, 0) is 14.3 Å². The lowest BCUT2D eigenvalue weighted by Crippen LogP contribution is -2.59. The molecule has 0 radical (unpaired) electrons. The Hall–Kier alpha value is -3.86. The maximum atomic E-state index is 13.0. The van der Waals surface area contributed by atoms with Crippen molar-refractivity contribution in [3.63, 3.8) is 0 Å². The van der Waals surface area contributed by atoms with E-state index in [2.05, 4.69) is 23.5 Å². The number of alkyl carbamates (subject to hydrolysis) is 1. The first-order valence-electron chi connectivity index (χ1n) is 11.9. The highest BCUT2D eigenvalue weighted by molar-refractivity contribution is 5.86. The second-order valence-corrected chi connectivity index (χ2v) is 9.20. The molecule has 2 aliphatic rings. The van der Waals surface area contributed by atoms with Crippen LogP contribution in [0, 0.1) is 23.2 Å². The zero-order valence-corrected chi connectivity index (χ0v) is 19.6. The lowest BCUT2D eigenvalue weighted by molar-refractivity contribution is -0.151. The number of rotatable bonds is 9. The molecule has 0 aromatic heterocycles. The van der Waals surface area contributed by atoms with Gasteiger partial charge in [0.2, 0.25) is 5.91 Å². The molecular weight excluding hydrogens is 446 g/mol. The zero-order valence-electron chi connectivity index (χ0n) is 19.6. The predicted octanol–water partition coefficient (Wildman–Crippen LogP) is 3.77. The average molecular weight is 476 g/mol. The molecule has 2 aromatic carbocycles. The van der Waals surface area contributed by atoms with Gasteiger partial charge in [-0.15, -0.1) is 0 Å². The standard InChI is InChI=1S/C27H29N3O5/c1-17(26(32)33)18-14-30(15-18)25(31)24(12-6-7-13-28)29-27(34)35-16-23-21-10-4-2-8-19(21)20-9-3-5-11-22(20)23/h2-5,8-11,17-18,23-24H,6-7,12,14-16H2,1H3,(H,29,34)(H,32,33). The molecule has 2 N–H and O–H groups in total. The smallest absolute Gasteiger partial charge is 0.407 e. The van der Waals surface area contributed by atoms with Crippen molar-refractivity contribution in [2.45, 2.75) is 38.1 Å². The van der Waals surface area contributed by atoms with Crippen molar-refractivity contribution < 1.29 is 24.2 Å². The Balaban J connectivity index is 1.38. The molecule has 8 nitrogen and oxygen atoms in total. The van der Waals surface area contributed by atoms with Crippen LogP contribution < -0.4 is 5.32 Å². The maximum Gasteiger partial charge on any atom is 0.407 e. The molecule has 0 spiro atoms. The topological polar surface area (TPSA) is 120 Å². The Labute approximate surface area is 204 Å². The molecule has 35 heavy (non-hydrogen) atoms. The van der Waals surface area contributed by atoms with Crippen LogP contribution >= 0.6 is 0 Å². The molecule has 1 aliphatic heterocycles. The van der Waals surface area contributed by atoms with Crippen LogP contribution in [0.25, 0.3) is 11.1 Å². The third-order valence-electron chi connectivity index (χ3n) is 7.03. The largest absolute Gasteiger partial charge is 0.481 e. The Bertz CT molecular complexity index is 1110. The number of carboxylic acids is 1. The highest BCUT2D eigenvalue weighted by atomic mass is 16.5. The number of nitriles is 1. The number of ether oxygens (including phenoxy) is 1. The average Bonchev–Trinajstić information content (AvgIpc) is 3.14. The summed E-state index contributed by atoms with van der Waals surface area (Å²) < 4.78 is 5.59. The first-order valence-corrected chi connectivity index (χ1v) is 11.9. The first-order chi connectivity index (χ1) is 16.9. The Morgan fingerprint density at radius 1 is 1.11 bits per heavy atom. The Kier molecular flexibility index (Phi) is 7.35. The molecule has 2 atom stereocenters. The second kappa shape index (κ2) is 10.6. The van der Waals surface area contributed by atoms with Gasteiger partial charge in [-0.3, -0.25) is 9.59 Å². The molecule has 8 heteroatoms. The van der Waals surface area contributed by atoms with Crippen LogP contribution in [0.15, 0.2) is 48.5 Å². The molecule has 182 valence electrons. The summed E-state index contributed by atoms with van der Waals surface area (Å²) in [5.74, 6) is -1.89. The fourth-order valence-corrected chi connectivity index (χ4v) is 4.86. The SMILES string of the molecule is CC(C(=O)O)C1CN(C(=O)C(CCCC#N)NC(=O)OCC2c3ccccc3-c3ccccc32)C1. The molecule has 4 rings (SSSR count). The number of aliphatic carboxylic acids is 1. The zero-order chi connectivity index (χ0) is 24.9. The third kappa shape index (κ3) is 5.14. The van der Waals surface area contributed by atoms with Crippen molar-refractivity contribution >= 4 is 18.0 Å². The van der Waals surface area contributed by atoms with Gasteiger partial charge in [-0.1, -0.05) is 55.5 Å². The van der Waals surface area contributed by atoms with Gasteiger partial charge in [0.15, 0.2) is 0 Å². The number of benzene rings is 2. The summed E-state index contributed by atoms with van der Waals surface area (Å²) in [7, 11) is 0. The fraction of sp³-hybridized carbons (Fsp3) is 0.407. The van der Waals surface area contributed by atoms with Gasteiger partial charge in [0.25, 0.3) is 0 Å². The Morgan fingerprint density at radius 2 is 1.71 bits per heavy atom. The predicted molar refractivity (Wildman–Crippen MR) is 128 cm³/mol. The Morgan fingerprint density at radius 3 is 2.29 bits per heavy atom. The number of hydrogen-bond acceptors (Lipinski definition) is 5. The summed E-state index contributed by atoms with van der Waals surface area (Å²) in [5.41, 5.74) is 4.46. The van der Waals surface area contributed by atoms with Crippen molar-refractivity contribution in [3.05, 3.63) is 59.7 Å². The van der Waals surface area contributed by atoms with Crippen molar-refractivity contribution in [2.75, 3.05) is 19.7 Å². The fourth-order valence-electron chi connectivity index (χ4n) is 4.86. The number of carboxylic acid groups (broad SMARTS) is 1. The quantitative estimate of drug-likeness (QED) is 0.533. The minimum Gasteiger partial charge on any atom is -0.481 e. The molecule has 0 saturated carbocycles. The first kappa shape index (κ1) is 24.3.